The van der Waals surface area contributed by atoms with Crippen LogP contribution in [0.4, 0.5) is 0 Å². The van der Waals surface area contributed by atoms with Crippen LogP contribution in [0.2, 0.25) is 0 Å². The van der Waals surface area contributed by atoms with Crippen LogP contribution in [-0.4, -0.2) is 38.4 Å². The third kappa shape index (κ3) is 3.76. The molecule has 0 bridgehead atoms. The number of Topliss-reactive ketones (excluding diaryl/α,β-unsaturated/α-hetero) is 1. The maximum Gasteiger partial charge on any atom is 0.176 e. The van der Waals surface area contributed by atoms with Crippen molar-refractivity contribution in [2.24, 2.45) is 0 Å². The van der Waals surface area contributed by atoms with Crippen LogP contribution in [0, 0.1) is 0 Å². The largest absolute Gasteiger partial charge is 0.390 e. The Bertz CT molecular complexity index is 244. The Labute approximate surface area is 104 Å². The monoisotopic (exact) mass is 246 g/mol. The van der Waals surface area contributed by atoms with Crippen molar-refractivity contribution in [3.05, 3.63) is 0 Å². The molecule has 0 aromatic carbocycles. The number of carbonyl (C=O) groups is 1. The number of hydrogen-bond acceptors (Lipinski definition) is 4. The molecule has 0 fully saturated rings. The summed E-state index contributed by atoms with van der Waals surface area (Å²) in [5.74, 6) is -0.479. The first kappa shape index (κ1) is 16.6. The Morgan fingerprint density at radius 2 is 1.71 bits per heavy atom. The van der Waals surface area contributed by atoms with E-state index >= 15 is 0 Å². The Morgan fingerprint density at radius 1 is 1.18 bits per heavy atom. The van der Waals surface area contributed by atoms with Crippen molar-refractivity contribution in [2.75, 3.05) is 0 Å². The summed E-state index contributed by atoms with van der Waals surface area (Å²) in [6, 6.07) is 0. The second kappa shape index (κ2) is 6.47. The Balaban J connectivity index is 5.04. The molecule has 4 heteroatoms. The molecule has 0 aliphatic rings. The minimum absolute atomic E-state index is 0.178. The highest BCUT2D eigenvalue weighted by Crippen LogP contribution is 2.30. The number of unbranched alkanes of at least 4 members (excludes halogenated alkanes) is 1. The number of hydrogen-bond donors (Lipinski definition) is 3. The minimum atomic E-state index is -2.07. The highest BCUT2D eigenvalue weighted by atomic mass is 16.4. The van der Waals surface area contributed by atoms with Gasteiger partial charge in [0.05, 0.1) is 11.7 Å². The van der Waals surface area contributed by atoms with Crippen molar-refractivity contribution in [3.63, 3.8) is 0 Å². The standard InChI is InChI=1S/C13H26O4/c1-5-7-9-11(15)13(17,12(3,4)16)10(14)8-6-2/h10,14,16-17H,5-9H2,1-4H3. The fraction of sp³-hybridized carbons (Fsp3) is 0.923. The van der Waals surface area contributed by atoms with E-state index in [-0.39, 0.29) is 6.42 Å². The van der Waals surface area contributed by atoms with E-state index in [2.05, 4.69) is 0 Å². The van der Waals surface area contributed by atoms with Crippen LogP contribution in [0.25, 0.3) is 0 Å². The quantitative estimate of drug-likeness (QED) is 0.605. The van der Waals surface area contributed by atoms with Gasteiger partial charge < -0.3 is 15.3 Å². The predicted molar refractivity (Wildman–Crippen MR) is 66.7 cm³/mol. The van der Waals surface area contributed by atoms with Gasteiger partial charge in [-0.1, -0.05) is 26.7 Å². The number of ketones is 1. The lowest BCUT2D eigenvalue weighted by Gasteiger charge is -2.41. The van der Waals surface area contributed by atoms with E-state index in [9.17, 15) is 20.1 Å². The number of rotatable bonds is 8. The SMILES string of the molecule is CCCCC(=O)C(O)(C(O)CCC)C(C)(C)O. The summed E-state index contributed by atoms with van der Waals surface area (Å²) < 4.78 is 0. The van der Waals surface area contributed by atoms with E-state index in [1.807, 2.05) is 13.8 Å². The number of carbonyl (C=O) groups excluding carboxylic acids is 1. The van der Waals surface area contributed by atoms with Gasteiger partial charge in [0.15, 0.2) is 11.4 Å². The van der Waals surface area contributed by atoms with Crippen molar-refractivity contribution < 1.29 is 20.1 Å². The molecule has 0 rings (SSSR count). The molecule has 2 atom stereocenters. The zero-order valence-corrected chi connectivity index (χ0v) is 11.4. The molecule has 0 amide bonds. The van der Waals surface area contributed by atoms with Crippen molar-refractivity contribution in [3.8, 4) is 0 Å². The van der Waals surface area contributed by atoms with E-state index in [0.717, 1.165) is 6.42 Å². The van der Waals surface area contributed by atoms with Crippen molar-refractivity contribution >= 4 is 5.78 Å². The summed E-state index contributed by atoms with van der Waals surface area (Å²) >= 11 is 0. The lowest BCUT2D eigenvalue weighted by Crippen LogP contribution is -2.63. The molecule has 0 radical (unpaired) electrons. The van der Waals surface area contributed by atoms with Gasteiger partial charge in [-0.15, -0.1) is 0 Å². The maximum absolute atomic E-state index is 12.0. The first-order valence-electron chi connectivity index (χ1n) is 6.37. The first-order valence-corrected chi connectivity index (χ1v) is 6.37. The van der Waals surface area contributed by atoms with Crippen molar-refractivity contribution in [1.82, 2.24) is 0 Å². The van der Waals surface area contributed by atoms with E-state index < -0.39 is 23.1 Å². The third-order valence-electron chi connectivity index (χ3n) is 3.16. The molecule has 0 aromatic rings. The van der Waals surface area contributed by atoms with Crippen LogP contribution in [0.3, 0.4) is 0 Å². The average Bonchev–Trinajstić information content (AvgIpc) is 2.23. The molecule has 3 N–H and O–H groups in total. The van der Waals surface area contributed by atoms with E-state index in [1.165, 1.54) is 13.8 Å². The van der Waals surface area contributed by atoms with Gasteiger partial charge in [-0.25, -0.2) is 0 Å². The Morgan fingerprint density at radius 3 is 2.06 bits per heavy atom. The highest BCUT2D eigenvalue weighted by Gasteiger charge is 2.52. The number of aliphatic hydroxyl groups is 3. The average molecular weight is 246 g/mol. The van der Waals surface area contributed by atoms with Crippen LogP contribution < -0.4 is 0 Å². The van der Waals surface area contributed by atoms with Crippen molar-refractivity contribution in [2.45, 2.75) is 77.1 Å². The van der Waals surface area contributed by atoms with Crippen LogP contribution in [0.1, 0.15) is 59.8 Å². The summed E-state index contributed by atoms with van der Waals surface area (Å²) in [5, 5.41) is 30.3. The first-order chi connectivity index (χ1) is 7.71. The number of aliphatic hydroxyl groups excluding tert-OH is 1. The molecule has 0 heterocycles. The predicted octanol–water partition coefficient (Wildman–Crippen LogP) is 1.41. The van der Waals surface area contributed by atoms with E-state index in [1.54, 1.807) is 0 Å². The van der Waals surface area contributed by atoms with Gasteiger partial charge >= 0.3 is 0 Å². The molecule has 0 saturated carbocycles. The lowest BCUT2D eigenvalue weighted by atomic mass is 9.75. The molecule has 4 nitrogen and oxygen atoms in total. The second-order valence-corrected chi connectivity index (χ2v) is 5.16. The van der Waals surface area contributed by atoms with Crippen LogP contribution in [-0.2, 0) is 4.79 Å². The normalized spacial score (nSPS) is 17.6. The van der Waals surface area contributed by atoms with Gasteiger partial charge in [0, 0.05) is 6.42 Å². The second-order valence-electron chi connectivity index (χ2n) is 5.16. The van der Waals surface area contributed by atoms with E-state index in [0.29, 0.717) is 19.3 Å². The lowest BCUT2D eigenvalue weighted by molar-refractivity contribution is -0.195. The van der Waals surface area contributed by atoms with Crippen LogP contribution in [0.5, 0.6) is 0 Å². The molecule has 2 unspecified atom stereocenters. The van der Waals surface area contributed by atoms with Crippen LogP contribution in [0.15, 0.2) is 0 Å². The maximum atomic E-state index is 12.0. The summed E-state index contributed by atoms with van der Waals surface area (Å²) in [5.41, 5.74) is -3.72. The van der Waals surface area contributed by atoms with Gasteiger partial charge in [-0.2, -0.15) is 0 Å². The third-order valence-corrected chi connectivity index (χ3v) is 3.16. The highest BCUT2D eigenvalue weighted by molar-refractivity contribution is 5.89. The zero-order valence-electron chi connectivity index (χ0n) is 11.4. The van der Waals surface area contributed by atoms with Gasteiger partial charge in [-0.05, 0) is 26.7 Å². The van der Waals surface area contributed by atoms with Gasteiger partial charge in [0.2, 0.25) is 0 Å². The Hall–Kier alpha value is -0.450. The molecule has 0 aliphatic carbocycles. The summed E-state index contributed by atoms with van der Waals surface area (Å²) in [6.45, 7) is 6.51. The fourth-order valence-corrected chi connectivity index (χ4v) is 1.94. The molecule has 102 valence electrons. The summed E-state index contributed by atoms with van der Waals surface area (Å²) in [4.78, 5) is 12.0. The zero-order chi connectivity index (χ0) is 13.7. The van der Waals surface area contributed by atoms with Gasteiger partial charge in [-0.3, -0.25) is 4.79 Å². The van der Waals surface area contributed by atoms with Gasteiger partial charge in [0.1, 0.15) is 0 Å². The molecule has 0 aliphatic heterocycles. The van der Waals surface area contributed by atoms with Crippen molar-refractivity contribution in [1.29, 1.82) is 0 Å². The molecular weight excluding hydrogens is 220 g/mol. The fourth-order valence-electron chi connectivity index (χ4n) is 1.94. The summed E-state index contributed by atoms with van der Waals surface area (Å²) in [7, 11) is 0. The molecular formula is C13H26O4. The molecule has 0 saturated heterocycles. The topological polar surface area (TPSA) is 77.8 Å². The summed E-state index contributed by atoms with van der Waals surface area (Å²) in [6.07, 6.45) is 1.36. The minimum Gasteiger partial charge on any atom is -0.390 e. The van der Waals surface area contributed by atoms with E-state index in [4.69, 9.17) is 0 Å². The Kier molecular flexibility index (Phi) is 6.30. The molecule has 0 aromatic heterocycles. The van der Waals surface area contributed by atoms with Crippen LogP contribution >= 0.6 is 0 Å². The van der Waals surface area contributed by atoms with Gasteiger partial charge in [0.25, 0.3) is 0 Å². The molecule has 0 spiro atoms. The molecule has 17 heavy (non-hydrogen) atoms. The smallest absolute Gasteiger partial charge is 0.176 e.